The van der Waals surface area contributed by atoms with Crippen LogP contribution in [-0.2, 0) is 0 Å². The molecule has 0 nitrogen and oxygen atoms in total. The first-order chi connectivity index (χ1) is 4.20. The molecule has 0 N–H and O–H groups in total. The van der Waals surface area contributed by atoms with Crippen molar-refractivity contribution in [2.45, 2.75) is 0 Å². The van der Waals surface area contributed by atoms with Crippen LogP contribution in [0.4, 0.5) is 0 Å². The Bertz CT molecular complexity index is 222. The van der Waals surface area contributed by atoms with Gasteiger partial charge in [0.15, 0.2) is 0 Å². The van der Waals surface area contributed by atoms with Crippen LogP contribution in [0.3, 0.4) is 0 Å². The van der Waals surface area contributed by atoms with Gasteiger partial charge in [-0.25, -0.2) is 0 Å². The Morgan fingerprint density at radius 1 is 1.22 bits per heavy atom. The zero-order valence-corrected chi connectivity index (χ0v) is 7.00. The lowest BCUT2D eigenvalue weighted by atomic mass is 10.4. The van der Waals surface area contributed by atoms with Gasteiger partial charge >= 0.3 is 0 Å². The van der Waals surface area contributed by atoms with Crippen molar-refractivity contribution in [1.82, 2.24) is 0 Å². The van der Waals surface area contributed by atoms with E-state index in [0.717, 1.165) is 5.19 Å². The maximum Gasteiger partial charge on any atom is 0.0733 e. The third-order valence-electron chi connectivity index (χ3n) is 0.928. The van der Waals surface area contributed by atoms with E-state index in [1.54, 1.807) is 18.2 Å². The molecule has 3 heteroatoms. The van der Waals surface area contributed by atoms with Crippen molar-refractivity contribution in [3.63, 3.8) is 0 Å². The lowest BCUT2D eigenvalue weighted by molar-refractivity contribution is 1.76. The largest absolute Gasteiger partial charge is 0.0845 e. The van der Waals surface area contributed by atoms with Gasteiger partial charge in [0.05, 0.1) is 10.2 Å². The van der Waals surface area contributed by atoms with E-state index in [4.69, 9.17) is 23.2 Å². The summed E-state index contributed by atoms with van der Waals surface area (Å²) in [6, 6.07) is 5.24. The van der Waals surface area contributed by atoms with Gasteiger partial charge in [-0.15, -0.1) is 0 Å². The predicted octanol–water partition coefficient (Wildman–Crippen LogP) is 1.79. The van der Waals surface area contributed by atoms with Gasteiger partial charge in [-0.1, -0.05) is 23.2 Å². The first-order valence-corrected chi connectivity index (χ1v) is 3.62. The normalized spacial score (nSPS) is 9.67. The predicted molar refractivity (Wildman–Crippen MR) is 41.9 cm³/mol. The van der Waals surface area contributed by atoms with Gasteiger partial charge in [0.1, 0.15) is 0 Å². The monoisotopic (exact) mass is 173 g/mol. The molecule has 0 saturated carbocycles. The summed E-state index contributed by atoms with van der Waals surface area (Å²) in [6.07, 6.45) is 0. The smallest absolute Gasteiger partial charge is 0.0733 e. The summed E-state index contributed by atoms with van der Waals surface area (Å²) in [5.41, 5.74) is 0. The van der Waals surface area contributed by atoms with Crippen LogP contribution < -0.4 is 5.19 Å². The van der Waals surface area contributed by atoms with Crippen molar-refractivity contribution in [2.75, 3.05) is 0 Å². The molecule has 0 bridgehead atoms. The van der Waals surface area contributed by atoms with Crippen LogP contribution in [0.25, 0.3) is 0 Å². The third kappa shape index (κ3) is 1.71. The Morgan fingerprint density at radius 2 is 1.89 bits per heavy atom. The quantitative estimate of drug-likeness (QED) is 0.526. The van der Waals surface area contributed by atoms with E-state index < -0.39 is 0 Å². The van der Waals surface area contributed by atoms with Crippen LogP contribution >= 0.6 is 23.2 Å². The summed E-state index contributed by atoms with van der Waals surface area (Å²) >= 11 is 11.3. The second-order valence-electron chi connectivity index (χ2n) is 1.62. The Labute approximate surface area is 67.2 Å². The van der Waals surface area contributed by atoms with E-state index in [0.29, 0.717) is 10.0 Å². The lowest BCUT2D eigenvalue weighted by Crippen LogP contribution is -2.01. The maximum atomic E-state index is 5.67. The highest BCUT2D eigenvalue weighted by atomic mass is 35.5. The van der Waals surface area contributed by atoms with Gasteiger partial charge in [-0.05, 0) is 23.4 Å². The van der Waals surface area contributed by atoms with E-state index in [9.17, 15) is 0 Å². The zero-order valence-electron chi connectivity index (χ0n) is 4.49. The molecule has 0 spiro atoms. The Hall–Kier alpha value is 0.0169. The van der Waals surface area contributed by atoms with Crippen LogP contribution in [0.5, 0.6) is 0 Å². The second kappa shape index (κ2) is 2.73. The van der Waals surface area contributed by atoms with Crippen LogP contribution in [-0.4, -0.2) is 10.2 Å². The molecule has 0 amide bonds. The number of hydrogen-bond donors (Lipinski definition) is 0. The molecule has 1 aromatic carbocycles. The molecule has 0 heterocycles. The van der Waals surface area contributed by atoms with Gasteiger partial charge in [0.2, 0.25) is 0 Å². The van der Waals surface area contributed by atoms with Crippen LogP contribution in [0.15, 0.2) is 18.2 Å². The Morgan fingerprint density at radius 3 is 2.33 bits per heavy atom. The Kier molecular flexibility index (Phi) is 2.16. The van der Waals surface area contributed by atoms with Crippen molar-refractivity contribution in [1.29, 1.82) is 0 Å². The van der Waals surface area contributed by atoms with Crippen molar-refractivity contribution in [3.8, 4) is 0 Å². The molecule has 45 valence electrons. The molecule has 0 aliphatic heterocycles. The minimum atomic E-state index is 0.677. The molecular formula is C6H3Cl2Si. The average molecular weight is 174 g/mol. The summed E-state index contributed by atoms with van der Waals surface area (Å²) in [4.78, 5) is 0. The maximum absolute atomic E-state index is 5.67. The fraction of sp³-hybridized carbons (Fsp3) is 0. The van der Waals surface area contributed by atoms with E-state index in [2.05, 4.69) is 10.2 Å². The second-order valence-corrected chi connectivity index (χ2v) is 3.01. The van der Waals surface area contributed by atoms with Gasteiger partial charge < -0.3 is 0 Å². The molecule has 0 aliphatic rings. The van der Waals surface area contributed by atoms with Crippen molar-refractivity contribution in [2.24, 2.45) is 0 Å². The van der Waals surface area contributed by atoms with Gasteiger partial charge in [0.25, 0.3) is 0 Å². The number of rotatable bonds is 0. The molecule has 0 aliphatic carbocycles. The SMILES string of the molecule is [Si]c1cc(Cl)ccc1Cl. The molecule has 1 aromatic rings. The minimum Gasteiger partial charge on any atom is -0.0845 e. The standard InChI is InChI=1S/C6H3Cl2Si/c7-4-1-2-5(8)6(9)3-4/h1-3H. The molecule has 0 atom stereocenters. The van der Waals surface area contributed by atoms with E-state index in [1.807, 2.05) is 0 Å². The highest BCUT2D eigenvalue weighted by molar-refractivity contribution is 6.46. The topological polar surface area (TPSA) is 0 Å². The van der Waals surface area contributed by atoms with Crippen molar-refractivity contribution in [3.05, 3.63) is 28.2 Å². The fourth-order valence-electron chi connectivity index (χ4n) is 0.497. The lowest BCUT2D eigenvalue weighted by Gasteiger charge is -1.94. The van der Waals surface area contributed by atoms with Crippen LogP contribution in [0, 0.1) is 0 Å². The molecule has 0 saturated heterocycles. The van der Waals surface area contributed by atoms with E-state index >= 15 is 0 Å². The average Bonchev–Trinajstić information content (AvgIpc) is 1.80. The highest BCUT2D eigenvalue weighted by Gasteiger charge is 1.92. The first-order valence-electron chi connectivity index (χ1n) is 2.37. The molecule has 0 fully saturated rings. The molecule has 3 radical (unpaired) electrons. The Balaban J connectivity index is 3.17. The summed E-state index contributed by atoms with van der Waals surface area (Å²) in [5, 5.41) is 2.18. The van der Waals surface area contributed by atoms with Crippen molar-refractivity contribution < 1.29 is 0 Å². The molecule has 9 heavy (non-hydrogen) atoms. The van der Waals surface area contributed by atoms with Crippen LogP contribution in [0.1, 0.15) is 0 Å². The molecule has 1 rings (SSSR count). The van der Waals surface area contributed by atoms with Gasteiger partial charge in [0, 0.05) is 10.0 Å². The molecule has 0 unspecified atom stereocenters. The zero-order chi connectivity index (χ0) is 6.85. The van der Waals surface area contributed by atoms with E-state index in [1.165, 1.54) is 0 Å². The number of benzene rings is 1. The summed E-state index contributed by atoms with van der Waals surface area (Å²) in [7, 11) is 3.28. The van der Waals surface area contributed by atoms with Crippen molar-refractivity contribution >= 4 is 38.6 Å². The summed E-state index contributed by atoms with van der Waals surface area (Å²) in [5.74, 6) is 0. The molecule has 0 aromatic heterocycles. The van der Waals surface area contributed by atoms with Crippen LogP contribution in [0.2, 0.25) is 10.0 Å². The first kappa shape index (κ1) is 7.13. The van der Waals surface area contributed by atoms with Gasteiger partial charge in [-0.2, -0.15) is 0 Å². The highest BCUT2D eigenvalue weighted by Crippen LogP contribution is 2.09. The van der Waals surface area contributed by atoms with E-state index in [-0.39, 0.29) is 0 Å². The minimum absolute atomic E-state index is 0.677. The fourth-order valence-corrected chi connectivity index (χ4v) is 1.12. The number of halogens is 2. The number of hydrogen-bond acceptors (Lipinski definition) is 0. The van der Waals surface area contributed by atoms with Gasteiger partial charge in [-0.3, -0.25) is 0 Å². The molecular weight excluding hydrogens is 171 g/mol. The third-order valence-corrected chi connectivity index (χ3v) is 2.07. The summed E-state index contributed by atoms with van der Waals surface area (Å²) in [6.45, 7) is 0. The summed E-state index contributed by atoms with van der Waals surface area (Å²) < 4.78 is 0.